The van der Waals surface area contributed by atoms with Crippen LogP contribution in [0, 0.1) is 23.0 Å². The van der Waals surface area contributed by atoms with Gasteiger partial charge in [-0.25, -0.2) is 13.2 Å². The number of thiophene rings is 1. The Bertz CT molecular complexity index is 1830. The smallest absolute Gasteiger partial charge is 0.319 e. The molecule has 3 fully saturated rings. The Balaban J connectivity index is 1.41. The van der Waals surface area contributed by atoms with Crippen molar-refractivity contribution in [1.29, 1.82) is 5.26 Å². The maximum atomic E-state index is 16.8. The molecule has 4 aromatic rings. The third kappa shape index (κ3) is 4.39. The van der Waals surface area contributed by atoms with Crippen LogP contribution < -0.4 is 15.4 Å². The number of rotatable bonds is 5. The summed E-state index contributed by atoms with van der Waals surface area (Å²) in [6, 6.07) is 5.72. The molecule has 4 atom stereocenters. The highest BCUT2D eigenvalue weighted by atomic mass is 35.5. The summed E-state index contributed by atoms with van der Waals surface area (Å²) < 4.78 is 52.2. The van der Waals surface area contributed by atoms with E-state index in [0.717, 1.165) is 30.7 Å². The molecule has 13 heteroatoms. The van der Waals surface area contributed by atoms with E-state index in [2.05, 4.69) is 14.9 Å². The van der Waals surface area contributed by atoms with Gasteiger partial charge in [0, 0.05) is 35.8 Å². The molecule has 3 aliphatic rings. The second kappa shape index (κ2) is 10.4. The number of benzene rings is 2. The normalized spacial score (nSPS) is 25.6. The Morgan fingerprint density at radius 2 is 2.12 bits per heavy atom. The number of fused-ring (bicyclic) bond motifs is 3. The zero-order chi connectivity index (χ0) is 30.2. The number of nitrogens with zero attached hydrogens (tertiary/aromatic N) is 5. The summed E-state index contributed by atoms with van der Waals surface area (Å²) in [5, 5.41) is 20.9. The first-order valence-corrected chi connectivity index (χ1v) is 15.4. The first-order chi connectivity index (χ1) is 20.6. The highest BCUT2D eigenvalue weighted by molar-refractivity contribution is 7.23. The summed E-state index contributed by atoms with van der Waals surface area (Å²) in [4.78, 5) is 13.1. The number of halogens is 4. The maximum absolute atomic E-state index is 16.8. The third-order valence-corrected chi connectivity index (χ3v) is 10.6. The molecule has 0 bridgehead atoms. The van der Waals surface area contributed by atoms with Crippen molar-refractivity contribution < 1.29 is 23.0 Å². The van der Waals surface area contributed by atoms with Crippen LogP contribution in [-0.4, -0.2) is 70.1 Å². The molecule has 2 aromatic carbocycles. The quantitative estimate of drug-likeness (QED) is 0.285. The fourth-order valence-corrected chi connectivity index (χ4v) is 8.31. The van der Waals surface area contributed by atoms with Crippen molar-refractivity contribution in [3.05, 3.63) is 40.4 Å². The molecule has 0 radical (unpaired) electrons. The van der Waals surface area contributed by atoms with E-state index in [1.54, 1.807) is 6.07 Å². The summed E-state index contributed by atoms with van der Waals surface area (Å²) in [7, 11) is 0. The minimum atomic E-state index is -0.942. The van der Waals surface area contributed by atoms with Crippen molar-refractivity contribution in [2.45, 2.75) is 56.5 Å². The van der Waals surface area contributed by atoms with Gasteiger partial charge in [-0.1, -0.05) is 17.7 Å². The molecule has 0 spiro atoms. The average molecular weight is 629 g/mol. The molecule has 0 saturated carbocycles. The lowest BCUT2D eigenvalue weighted by atomic mass is 9.95. The molecule has 0 aliphatic carbocycles. The first-order valence-electron chi connectivity index (χ1n) is 14.2. The Labute approximate surface area is 254 Å². The van der Waals surface area contributed by atoms with Crippen molar-refractivity contribution in [1.82, 2.24) is 14.9 Å². The van der Waals surface area contributed by atoms with E-state index in [1.165, 1.54) is 12.1 Å². The molecule has 43 heavy (non-hydrogen) atoms. The number of nitrogens with two attached hydrogens (primary N) is 1. The van der Waals surface area contributed by atoms with E-state index in [4.69, 9.17) is 22.1 Å². The van der Waals surface area contributed by atoms with Gasteiger partial charge >= 0.3 is 6.01 Å². The molecule has 8 nitrogen and oxygen atoms in total. The zero-order valence-corrected chi connectivity index (χ0v) is 24.8. The Hall–Kier alpha value is -3.37. The van der Waals surface area contributed by atoms with Gasteiger partial charge in [0.1, 0.15) is 41.0 Å². The lowest BCUT2D eigenvalue weighted by Crippen LogP contribution is -2.43. The van der Waals surface area contributed by atoms with Crippen LogP contribution in [0.3, 0.4) is 0 Å². The van der Waals surface area contributed by atoms with Gasteiger partial charge in [-0.3, -0.25) is 4.90 Å². The molecule has 5 heterocycles. The number of alkyl halides is 1. The maximum Gasteiger partial charge on any atom is 0.319 e. The van der Waals surface area contributed by atoms with Crippen LogP contribution in [0.2, 0.25) is 5.02 Å². The molecular formula is C30H28ClF3N6O2S. The van der Waals surface area contributed by atoms with Crippen LogP contribution >= 0.6 is 22.9 Å². The summed E-state index contributed by atoms with van der Waals surface area (Å²) >= 11 is 7.66. The predicted octanol–water partition coefficient (Wildman–Crippen LogP) is 5.81. The number of aliphatic hydroxyl groups excluding tert-OH is 1. The lowest BCUT2D eigenvalue weighted by Gasteiger charge is -2.31. The summed E-state index contributed by atoms with van der Waals surface area (Å²) in [5.41, 5.74) is 5.66. The van der Waals surface area contributed by atoms with Gasteiger partial charge < -0.3 is 20.5 Å². The topological polar surface area (TPSA) is 112 Å². The van der Waals surface area contributed by atoms with Crippen LogP contribution in [0.15, 0.2) is 18.2 Å². The molecule has 3 N–H and O–H groups in total. The number of nitriles is 1. The molecule has 3 aliphatic heterocycles. The van der Waals surface area contributed by atoms with E-state index >= 15 is 4.39 Å². The minimum Gasteiger partial charge on any atom is -0.461 e. The van der Waals surface area contributed by atoms with Gasteiger partial charge in [-0.2, -0.15) is 15.2 Å². The van der Waals surface area contributed by atoms with Crippen LogP contribution in [-0.2, 0) is 0 Å². The fraction of sp³-hybridized carbons (Fsp3) is 0.433. The molecular weight excluding hydrogens is 601 g/mol. The van der Waals surface area contributed by atoms with Crippen LogP contribution in [0.25, 0.3) is 32.1 Å². The average Bonchev–Trinajstić information content (AvgIpc) is 3.70. The Kier molecular flexibility index (Phi) is 6.85. The predicted molar refractivity (Wildman–Crippen MR) is 160 cm³/mol. The molecule has 224 valence electrons. The van der Waals surface area contributed by atoms with Crippen LogP contribution in [0.5, 0.6) is 6.01 Å². The van der Waals surface area contributed by atoms with Gasteiger partial charge in [0.05, 0.1) is 33.0 Å². The number of aliphatic hydroxyl groups is 1. The van der Waals surface area contributed by atoms with Gasteiger partial charge in [0.25, 0.3) is 0 Å². The van der Waals surface area contributed by atoms with E-state index in [0.29, 0.717) is 37.1 Å². The summed E-state index contributed by atoms with van der Waals surface area (Å²) in [6.45, 7) is 3.62. The number of nitrogen functional groups attached to an aromatic ring is 1. The van der Waals surface area contributed by atoms with Gasteiger partial charge in [-0.05, 0) is 50.4 Å². The largest absolute Gasteiger partial charge is 0.461 e. The van der Waals surface area contributed by atoms with Crippen LogP contribution in [0.1, 0.15) is 38.2 Å². The van der Waals surface area contributed by atoms with Gasteiger partial charge in [-0.15, -0.1) is 11.3 Å². The monoisotopic (exact) mass is 628 g/mol. The molecule has 7 rings (SSSR count). The summed E-state index contributed by atoms with van der Waals surface area (Å²) in [5.74, 6) is -1.03. The van der Waals surface area contributed by atoms with Gasteiger partial charge in [0.15, 0.2) is 5.82 Å². The van der Waals surface area contributed by atoms with Crippen LogP contribution in [0.4, 0.5) is 24.0 Å². The summed E-state index contributed by atoms with van der Waals surface area (Å²) in [6.07, 6.45) is 1.01. The van der Waals surface area contributed by atoms with E-state index in [1.807, 2.05) is 17.9 Å². The third-order valence-electron chi connectivity index (χ3n) is 9.26. The number of aromatic nitrogens is 2. The van der Waals surface area contributed by atoms with Crippen molar-refractivity contribution in [2.75, 3.05) is 36.9 Å². The number of anilines is 2. The van der Waals surface area contributed by atoms with Gasteiger partial charge in [0.2, 0.25) is 0 Å². The molecule has 0 amide bonds. The fourth-order valence-electron chi connectivity index (χ4n) is 7.07. The highest BCUT2D eigenvalue weighted by Crippen LogP contribution is 2.46. The van der Waals surface area contributed by atoms with Crippen molar-refractivity contribution in [2.24, 2.45) is 0 Å². The zero-order valence-electron chi connectivity index (χ0n) is 23.2. The lowest BCUT2D eigenvalue weighted by molar-refractivity contribution is 0.107. The molecule has 2 aromatic heterocycles. The standard InChI is InChI=1S/C30H28ClF3N6O2S/c1-14-21(41)5-8-40(14)28-17-9-19(31)23(16-3-4-20(33)26-22(16)18(11-35)27(36)43-26)24(34)25(17)37-29(38-28)42-13-30-6-2-7-39(30)12-15(32)10-30/h3-4,9,14-15,21,41H,2,5-8,10,12-13,36H2,1H3/t14-,15-,21-,30+/m1/s1. The second-order valence-electron chi connectivity index (χ2n) is 11.7. The Morgan fingerprint density at radius 1 is 1.30 bits per heavy atom. The van der Waals surface area contributed by atoms with Crippen molar-refractivity contribution >= 4 is 54.7 Å². The Morgan fingerprint density at radius 3 is 2.86 bits per heavy atom. The van der Waals surface area contributed by atoms with E-state index < -0.39 is 29.4 Å². The van der Waals surface area contributed by atoms with Crippen molar-refractivity contribution in [3.63, 3.8) is 0 Å². The van der Waals surface area contributed by atoms with E-state index in [9.17, 15) is 19.1 Å². The number of hydrogen-bond acceptors (Lipinski definition) is 9. The first kappa shape index (κ1) is 28.4. The van der Waals surface area contributed by atoms with Crippen molar-refractivity contribution in [3.8, 4) is 23.2 Å². The molecule has 3 saturated heterocycles. The second-order valence-corrected chi connectivity index (χ2v) is 13.1. The number of ether oxygens (including phenoxy) is 1. The van der Waals surface area contributed by atoms with E-state index in [-0.39, 0.29) is 61.0 Å². The minimum absolute atomic E-state index is 0.0120. The number of hydrogen-bond donors (Lipinski definition) is 2. The molecule has 0 unspecified atom stereocenters. The SMILES string of the molecule is C[C@@H]1[C@H](O)CCN1c1nc(OC[C@@]23CCCN2C[C@H](F)C3)nc2c(F)c(-c3ccc(F)c4sc(N)c(C#N)c34)c(Cl)cc12. The highest BCUT2D eigenvalue weighted by Gasteiger charge is 2.49.